The fourth-order valence-corrected chi connectivity index (χ4v) is 1.09. The topological polar surface area (TPSA) is 100 Å². The van der Waals surface area contributed by atoms with E-state index in [2.05, 4.69) is 10.6 Å². The van der Waals surface area contributed by atoms with Crippen LogP contribution in [0.5, 0.6) is 0 Å². The highest BCUT2D eigenvalue weighted by Gasteiger charge is 1.97. The Morgan fingerprint density at radius 3 is 1.79 bits per heavy atom. The van der Waals surface area contributed by atoms with Crippen molar-refractivity contribution >= 4 is 8.25 Å². The van der Waals surface area contributed by atoms with Crippen LogP contribution in [-0.4, -0.2) is 50.0 Å². The van der Waals surface area contributed by atoms with Gasteiger partial charge in [0.15, 0.2) is 0 Å². The number of hydrogen-bond donors (Lipinski definition) is 4. The van der Waals surface area contributed by atoms with Crippen LogP contribution in [0.1, 0.15) is 0 Å². The van der Waals surface area contributed by atoms with Crippen molar-refractivity contribution in [3.8, 4) is 0 Å². The van der Waals surface area contributed by atoms with Gasteiger partial charge in [0.1, 0.15) is 13.5 Å². The van der Waals surface area contributed by atoms with E-state index >= 15 is 0 Å². The first-order valence-electron chi connectivity index (χ1n) is 4.24. The van der Waals surface area contributed by atoms with E-state index in [4.69, 9.17) is 19.3 Å². The van der Waals surface area contributed by atoms with Crippen LogP contribution < -0.4 is 10.6 Å². The Hall–Kier alpha value is -0.0100. The van der Waals surface area contributed by atoms with Crippen molar-refractivity contribution in [2.45, 2.75) is 0 Å². The van der Waals surface area contributed by atoms with Gasteiger partial charge in [-0.2, -0.15) is 0 Å². The van der Waals surface area contributed by atoms with Gasteiger partial charge in [-0.15, -0.1) is 0 Å². The first-order valence-corrected chi connectivity index (χ1v) is 5.46. The van der Waals surface area contributed by atoms with E-state index in [1.54, 1.807) is 0 Å². The van der Waals surface area contributed by atoms with Crippen LogP contribution in [0, 0.1) is 0 Å². The van der Waals surface area contributed by atoms with Gasteiger partial charge in [0.2, 0.25) is 0 Å². The Labute approximate surface area is 83.4 Å². The van der Waals surface area contributed by atoms with Gasteiger partial charge in [-0.1, -0.05) is 0 Å². The minimum atomic E-state index is -2.49. The molecule has 0 bridgehead atoms. The summed E-state index contributed by atoms with van der Waals surface area (Å²) in [7, 11) is -2.49. The fraction of sp³-hybridized carbons (Fsp3) is 1.00. The second-order valence-corrected chi connectivity index (χ2v) is 3.35. The smallest absolute Gasteiger partial charge is 0.321 e. The molecule has 0 saturated carbocycles. The zero-order chi connectivity index (χ0) is 10.6. The van der Waals surface area contributed by atoms with E-state index in [1.807, 2.05) is 0 Å². The molecule has 0 spiro atoms. The van der Waals surface area contributed by atoms with Crippen molar-refractivity contribution in [1.29, 1.82) is 0 Å². The molecule has 7 nitrogen and oxygen atoms in total. The molecular formula is C6H17N2O5P. The molecule has 0 saturated heterocycles. The summed E-state index contributed by atoms with van der Waals surface area (Å²) in [6.07, 6.45) is 0. The third kappa shape index (κ3) is 10.1. The molecule has 0 unspecified atom stereocenters. The predicted octanol–water partition coefficient (Wildman–Crippen LogP) is -1.51. The van der Waals surface area contributed by atoms with Crippen LogP contribution in [0.3, 0.4) is 0 Å². The zero-order valence-corrected chi connectivity index (χ0v) is 8.86. The summed E-state index contributed by atoms with van der Waals surface area (Å²) in [4.78, 5) is 0. The number of nitrogens with one attached hydrogen (secondary N) is 2. The molecule has 0 amide bonds. The summed E-state index contributed by atoms with van der Waals surface area (Å²) in [5.41, 5.74) is 0. The number of rotatable bonds is 10. The van der Waals surface area contributed by atoms with E-state index in [9.17, 15) is 4.57 Å². The Kier molecular flexibility index (Phi) is 11.1. The van der Waals surface area contributed by atoms with Crippen molar-refractivity contribution in [3.63, 3.8) is 0 Å². The maximum atomic E-state index is 10.9. The lowest BCUT2D eigenvalue weighted by atomic mass is 10.7. The number of hydrogen-bond acceptors (Lipinski definition) is 7. The van der Waals surface area contributed by atoms with Gasteiger partial charge < -0.3 is 10.2 Å². The van der Waals surface area contributed by atoms with Crippen LogP contribution in [0.15, 0.2) is 0 Å². The third-order valence-corrected chi connectivity index (χ3v) is 1.92. The summed E-state index contributed by atoms with van der Waals surface area (Å²) in [6.45, 7) is 0.943. The van der Waals surface area contributed by atoms with Crippen LogP contribution >= 0.6 is 8.25 Å². The van der Waals surface area contributed by atoms with Crippen LogP contribution in [0.25, 0.3) is 0 Å². The third-order valence-electron chi connectivity index (χ3n) is 1.16. The minimum absolute atomic E-state index is 0.00318. The predicted molar refractivity (Wildman–Crippen MR) is 51.1 cm³/mol. The summed E-state index contributed by atoms with van der Waals surface area (Å²) < 4.78 is 20.4. The van der Waals surface area contributed by atoms with Crippen LogP contribution in [0.2, 0.25) is 0 Å². The molecule has 0 aromatic rings. The lowest BCUT2D eigenvalue weighted by Gasteiger charge is -2.06. The van der Waals surface area contributed by atoms with Gasteiger partial charge in [-0.25, -0.2) is 0 Å². The van der Waals surface area contributed by atoms with Crippen LogP contribution in [-0.2, 0) is 13.6 Å². The van der Waals surface area contributed by atoms with Gasteiger partial charge >= 0.3 is 8.25 Å². The second kappa shape index (κ2) is 11.1. The maximum Gasteiger partial charge on any atom is 0.321 e. The molecule has 14 heavy (non-hydrogen) atoms. The van der Waals surface area contributed by atoms with Crippen molar-refractivity contribution in [2.24, 2.45) is 0 Å². The second-order valence-electron chi connectivity index (χ2n) is 2.27. The molecule has 4 N–H and O–H groups in total. The van der Waals surface area contributed by atoms with E-state index in [0.29, 0.717) is 13.1 Å². The SMILES string of the molecule is O=[PH](OCNCCO)OCNCCO. The number of aliphatic hydroxyl groups excluding tert-OH is 2. The number of aliphatic hydroxyl groups is 2. The average Bonchev–Trinajstić information content (AvgIpc) is 2.19. The molecule has 0 aliphatic rings. The van der Waals surface area contributed by atoms with E-state index in [0.717, 1.165) is 0 Å². The molecule has 0 atom stereocenters. The Morgan fingerprint density at radius 1 is 1.00 bits per heavy atom. The molecular weight excluding hydrogens is 211 g/mol. The Morgan fingerprint density at radius 2 is 1.43 bits per heavy atom. The van der Waals surface area contributed by atoms with Crippen LogP contribution in [0.4, 0.5) is 0 Å². The van der Waals surface area contributed by atoms with Crippen molar-refractivity contribution in [3.05, 3.63) is 0 Å². The lowest BCUT2D eigenvalue weighted by Crippen LogP contribution is -2.21. The zero-order valence-electron chi connectivity index (χ0n) is 7.86. The van der Waals surface area contributed by atoms with Crippen molar-refractivity contribution in [1.82, 2.24) is 10.6 Å². The normalized spacial score (nSPS) is 11.1. The Bertz CT molecular complexity index is 134. The molecule has 0 radical (unpaired) electrons. The molecule has 0 aromatic carbocycles. The van der Waals surface area contributed by atoms with Gasteiger partial charge in [-0.3, -0.25) is 24.2 Å². The van der Waals surface area contributed by atoms with Gasteiger partial charge in [0.25, 0.3) is 0 Å². The highest BCUT2D eigenvalue weighted by atomic mass is 31.1. The van der Waals surface area contributed by atoms with Gasteiger partial charge in [0, 0.05) is 13.1 Å². The van der Waals surface area contributed by atoms with Crippen molar-refractivity contribution in [2.75, 3.05) is 39.8 Å². The lowest BCUT2D eigenvalue weighted by molar-refractivity contribution is 0.188. The highest BCUT2D eigenvalue weighted by molar-refractivity contribution is 7.33. The highest BCUT2D eigenvalue weighted by Crippen LogP contribution is 2.21. The van der Waals surface area contributed by atoms with Gasteiger partial charge in [-0.05, 0) is 0 Å². The monoisotopic (exact) mass is 228 g/mol. The van der Waals surface area contributed by atoms with Crippen molar-refractivity contribution < 1.29 is 23.8 Å². The van der Waals surface area contributed by atoms with E-state index < -0.39 is 8.25 Å². The molecule has 0 fully saturated rings. The molecule has 0 aromatic heterocycles. The largest absolute Gasteiger partial charge is 0.395 e. The average molecular weight is 228 g/mol. The molecule has 0 aliphatic heterocycles. The molecule has 86 valence electrons. The quantitative estimate of drug-likeness (QED) is 0.205. The first-order chi connectivity index (χ1) is 6.81. The summed E-state index contributed by atoms with van der Waals surface area (Å²) in [5.74, 6) is 0. The first kappa shape index (κ1) is 14.0. The molecule has 8 heteroatoms. The van der Waals surface area contributed by atoms with E-state index in [-0.39, 0.29) is 26.7 Å². The standard InChI is InChI=1S/C6H17N2O5P/c9-3-1-7-5-12-14(11)13-6-8-2-4-10/h7-10,14H,1-6H2. The molecule has 0 heterocycles. The van der Waals surface area contributed by atoms with Gasteiger partial charge in [0.05, 0.1) is 13.2 Å². The molecule has 0 aliphatic carbocycles. The summed E-state index contributed by atoms with van der Waals surface area (Å²) in [6, 6.07) is 0. The summed E-state index contributed by atoms with van der Waals surface area (Å²) >= 11 is 0. The van der Waals surface area contributed by atoms with E-state index in [1.165, 1.54) is 0 Å². The molecule has 0 rings (SSSR count). The fourth-order valence-electron chi connectivity index (χ4n) is 0.564. The maximum absolute atomic E-state index is 10.9. The Balaban J connectivity index is 3.11. The minimum Gasteiger partial charge on any atom is -0.395 e. The summed E-state index contributed by atoms with van der Waals surface area (Å²) in [5, 5.41) is 22.1.